The van der Waals surface area contributed by atoms with Crippen LogP contribution in [0.25, 0.3) is 0 Å². The van der Waals surface area contributed by atoms with Crippen molar-refractivity contribution in [1.29, 1.82) is 0 Å². The number of nitrogens with zero attached hydrogens (tertiary/aromatic N) is 1. The fourth-order valence-electron chi connectivity index (χ4n) is 8.00. The first-order valence-electron chi connectivity index (χ1n) is 20.6. The SMILES string of the molecule is CCCC(=O)O[C@H]1[C@H](C)O[C@@H](O[C@H]2[C@H](N(C)C)[C@@H](O)[C@H](O[C@H]3C(CC=O)C[C@@H](C)[C@@H](O)/C=C/C=C/C[C@@H](C)OC(=O)CC(OC(=O)CC)[C@@H]3OC)O[C@@H]2C)C[C@@]1(C)O. The number of aldehydes is 1. The molecule has 3 aliphatic rings. The molecule has 2 fully saturated rings. The standard InChI is InChI=1S/C42H69NO15/c1-11-16-32(47)56-40-27(6)53-34(23-42(40,7)50)57-37-26(5)54-41(36(49)35(37)43(8)9)58-38-28(19-20-44)21-24(3)29(45)18-15-13-14-17-25(4)52-33(48)22-30(39(38)51-10)55-31(46)12-2/h13-15,18,20,24-30,34-41,45,49-50H,11-12,16-17,19,21-23H2,1-10H3/b14-13+,18-15+/t24-,25-,26-,27+,28?,29+,30?,34+,35-,36-,37-,38+,39+,40+,41+,42-/m1/s1. The summed E-state index contributed by atoms with van der Waals surface area (Å²) < 4.78 is 48.7. The number of carbonyl (C=O) groups excluding carboxylic acids is 4. The largest absolute Gasteiger partial charge is 0.462 e. The smallest absolute Gasteiger partial charge is 0.309 e. The Morgan fingerprint density at radius 2 is 1.69 bits per heavy atom. The number of cyclic esters (lactones) is 1. The molecule has 0 amide bonds. The molecule has 0 aliphatic carbocycles. The number of aliphatic hydroxyl groups excluding tert-OH is 2. The van der Waals surface area contributed by atoms with Gasteiger partial charge < -0.3 is 62.9 Å². The molecule has 0 aromatic carbocycles. The molecule has 0 spiro atoms. The van der Waals surface area contributed by atoms with Crippen LogP contribution in [0.3, 0.4) is 0 Å². The van der Waals surface area contributed by atoms with Gasteiger partial charge in [-0.25, -0.2) is 0 Å². The summed E-state index contributed by atoms with van der Waals surface area (Å²) in [6.45, 7) is 12.0. The van der Waals surface area contributed by atoms with Crippen molar-refractivity contribution in [3.05, 3.63) is 24.3 Å². The van der Waals surface area contributed by atoms with Crippen molar-refractivity contribution in [1.82, 2.24) is 4.90 Å². The van der Waals surface area contributed by atoms with Crippen LogP contribution in [0.5, 0.6) is 0 Å². The van der Waals surface area contributed by atoms with Crippen LogP contribution in [0.4, 0.5) is 0 Å². The Balaban J connectivity index is 2.00. The highest BCUT2D eigenvalue weighted by atomic mass is 16.7. The van der Waals surface area contributed by atoms with Gasteiger partial charge in [0, 0.05) is 39.2 Å². The van der Waals surface area contributed by atoms with E-state index in [0.29, 0.717) is 12.8 Å². The molecule has 58 heavy (non-hydrogen) atoms. The van der Waals surface area contributed by atoms with Gasteiger partial charge in [0.1, 0.15) is 42.4 Å². The molecule has 3 rings (SSSR count). The van der Waals surface area contributed by atoms with Gasteiger partial charge in [0.05, 0.1) is 36.9 Å². The highest BCUT2D eigenvalue weighted by Gasteiger charge is 2.53. The molecule has 16 heteroatoms. The summed E-state index contributed by atoms with van der Waals surface area (Å²) in [6.07, 6.45) is -3.41. The van der Waals surface area contributed by atoms with Crippen molar-refractivity contribution < 1.29 is 72.4 Å². The predicted octanol–water partition coefficient (Wildman–Crippen LogP) is 3.16. The molecule has 0 aromatic rings. The number of esters is 3. The van der Waals surface area contributed by atoms with Crippen LogP contribution in [0.2, 0.25) is 0 Å². The van der Waals surface area contributed by atoms with E-state index >= 15 is 0 Å². The summed E-state index contributed by atoms with van der Waals surface area (Å²) in [4.78, 5) is 52.5. The first-order chi connectivity index (χ1) is 27.4. The van der Waals surface area contributed by atoms with Gasteiger partial charge in [0.2, 0.25) is 0 Å². The maximum atomic E-state index is 13.3. The third kappa shape index (κ3) is 13.9. The first-order valence-corrected chi connectivity index (χ1v) is 20.6. The quantitative estimate of drug-likeness (QED) is 0.139. The number of hydrogen-bond acceptors (Lipinski definition) is 16. The van der Waals surface area contributed by atoms with Crippen LogP contribution in [0.1, 0.15) is 99.8 Å². The Labute approximate surface area is 343 Å². The average Bonchev–Trinajstić information content (AvgIpc) is 3.13. The van der Waals surface area contributed by atoms with Crippen molar-refractivity contribution >= 4 is 24.2 Å². The highest BCUT2D eigenvalue weighted by molar-refractivity contribution is 5.72. The van der Waals surface area contributed by atoms with Gasteiger partial charge in [-0.1, -0.05) is 45.1 Å². The number of methoxy groups -OCH3 is 1. The van der Waals surface area contributed by atoms with E-state index in [4.69, 9.17) is 37.9 Å². The molecular weight excluding hydrogens is 758 g/mol. The summed E-state index contributed by atoms with van der Waals surface area (Å²) in [7, 11) is 4.87. The first kappa shape index (κ1) is 49.6. The third-order valence-corrected chi connectivity index (χ3v) is 11.1. The van der Waals surface area contributed by atoms with Crippen LogP contribution in [0.15, 0.2) is 24.3 Å². The summed E-state index contributed by atoms with van der Waals surface area (Å²) in [6, 6.07) is -0.779. The van der Waals surface area contributed by atoms with Crippen molar-refractivity contribution in [2.24, 2.45) is 11.8 Å². The van der Waals surface area contributed by atoms with Gasteiger partial charge in [-0.3, -0.25) is 14.4 Å². The van der Waals surface area contributed by atoms with E-state index in [9.17, 15) is 34.5 Å². The number of aliphatic hydroxyl groups is 3. The fraction of sp³-hybridized carbons (Fsp3) is 0.810. The van der Waals surface area contributed by atoms with E-state index in [0.717, 1.165) is 6.29 Å². The molecule has 3 N–H and O–H groups in total. The molecule has 16 atom stereocenters. The van der Waals surface area contributed by atoms with Crippen molar-refractivity contribution in [3.8, 4) is 0 Å². The van der Waals surface area contributed by atoms with Gasteiger partial charge in [-0.05, 0) is 66.5 Å². The Morgan fingerprint density at radius 1 is 0.983 bits per heavy atom. The van der Waals surface area contributed by atoms with Crippen LogP contribution >= 0.6 is 0 Å². The van der Waals surface area contributed by atoms with Gasteiger partial charge in [-0.15, -0.1) is 0 Å². The molecule has 2 saturated heterocycles. The van der Waals surface area contributed by atoms with Gasteiger partial charge >= 0.3 is 17.9 Å². The van der Waals surface area contributed by atoms with E-state index in [1.54, 1.807) is 71.8 Å². The van der Waals surface area contributed by atoms with Gasteiger partial charge in [0.25, 0.3) is 0 Å². The Morgan fingerprint density at radius 3 is 2.29 bits per heavy atom. The molecule has 0 saturated carbocycles. The summed E-state index contributed by atoms with van der Waals surface area (Å²) in [5.41, 5.74) is -1.49. The molecular formula is C42H69NO15. The predicted molar refractivity (Wildman–Crippen MR) is 210 cm³/mol. The van der Waals surface area contributed by atoms with Crippen molar-refractivity contribution in [2.45, 2.75) is 185 Å². The van der Waals surface area contributed by atoms with E-state index < -0.39 is 121 Å². The second-order valence-electron chi connectivity index (χ2n) is 16.3. The van der Waals surface area contributed by atoms with E-state index in [1.165, 1.54) is 7.11 Å². The molecule has 3 heterocycles. The minimum absolute atomic E-state index is 0.000517. The zero-order valence-electron chi connectivity index (χ0n) is 35.9. The summed E-state index contributed by atoms with van der Waals surface area (Å²) >= 11 is 0. The molecule has 3 aliphatic heterocycles. The van der Waals surface area contributed by atoms with E-state index in [2.05, 4.69) is 0 Å². The second kappa shape index (κ2) is 23.3. The Kier molecular flexibility index (Phi) is 19.9. The maximum Gasteiger partial charge on any atom is 0.309 e. The molecule has 2 unspecified atom stereocenters. The van der Waals surface area contributed by atoms with E-state index in [-0.39, 0.29) is 32.1 Å². The lowest BCUT2D eigenvalue weighted by atomic mass is 9.82. The maximum absolute atomic E-state index is 13.3. The summed E-state index contributed by atoms with van der Waals surface area (Å²) in [5.74, 6) is -2.79. The minimum Gasteiger partial charge on any atom is -0.462 e. The van der Waals surface area contributed by atoms with Gasteiger partial charge in [-0.2, -0.15) is 0 Å². The number of ether oxygens (including phenoxy) is 8. The lowest BCUT2D eigenvalue weighted by Crippen LogP contribution is -2.66. The Hall–Kier alpha value is -2.80. The monoisotopic (exact) mass is 827 g/mol. The molecule has 332 valence electrons. The molecule has 16 nitrogen and oxygen atoms in total. The average molecular weight is 828 g/mol. The van der Waals surface area contributed by atoms with Crippen LogP contribution < -0.4 is 0 Å². The third-order valence-electron chi connectivity index (χ3n) is 11.1. The zero-order chi connectivity index (χ0) is 43.3. The molecule has 0 aromatic heterocycles. The number of allylic oxidation sites excluding steroid dienone is 2. The number of likely N-dealkylation sites (N-methyl/N-ethyl adjacent to an activating group) is 1. The van der Waals surface area contributed by atoms with Crippen LogP contribution in [-0.4, -0.2) is 151 Å². The van der Waals surface area contributed by atoms with Crippen LogP contribution in [-0.2, 0) is 57.1 Å². The van der Waals surface area contributed by atoms with Crippen molar-refractivity contribution in [3.63, 3.8) is 0 Å². The second-order valence-corrected chi connectivity index (χ2v) is 16.3. The molecule has 0 bridgehead atoms. The van der Waals surface area contributed by atoms with Crippen LogP contribution in [0, 0.1) is 11.8 Å². The van der Waals surface area contributed by atoms with Gasteiger partial charge in [0.15, 0.2) is 18.7 Å². The number of carbonyl (C=O) groups is 4. The van der Waals surface area contributed by atoms with E-state index in [1.807, 2.05) is 19.9 Å². The normalized spacial score (nSPS) is 40.6. The topological polar surface area (TPSA) is 206 Å². The number of hydrogen-bond donors (Lipinski definition) is 3. The lowest BCUT2D eigenvalue weighted by molar-refractivity contribution is -0.344. The number of rotatable bonds is 13. The fourth-order valence-corrected chi connectivity index (χ4v) is 8.00. The highest BCUT2D eigenvalue weighted by Crippen LogP contribution is 2.38. The molecule has 0 radical (unpaired) electrons. The summed E-state index contributed by atoms with van der Waals surface area (Å²) in [5, 5.41) is 34.6. The van der Waals surface area contributed by atoms with Crippen molar-refractivity contribution in [2.75, 3.05) is 21.2 Å². The minimum atomic E-state index is -1.49. The lowest BCUT2D eigenvalue weighted by Gasteiger charge is -2.50. The Bertz CT molecular complexity index is 1370. The zero-order valence-corrected chi connectivity index (χ0v) is 35.9.